The number of hydrogen-bond donors (Lipinski definition) is 1. The van der Waals surface area contributed by atoms with Gasteiger partial charge in [-0.25, -0.2) is 9.18 Å². The van der Waals surface area contributed by atoms with E-state index in [1.54, 1.807) is 36.0 Å². The highest BCUT2D eigenvalue weighted by molar-refractivity contribution is 5.89. The summed E-state index contributed by atoms with van der Waals surface area (Å²) in [6, 6.07) is 5.62. The summed E-state index contributed by atoms with van der Waals surface area (Å²) in [5, 5.41) is 2.74. The highest BCUT2D eigenvalue weighted by atomic mass is 19.1. The summed E-state index contributed by atoms with van der Waals surface area (Å²) in [6.45, 7) is 3.16. The molecule has 2 fully saturated rings. The second-order valence-corrected chi connectivity index (χ2v) is 7.48. The Kier molecular flexibility index (Phi) is 5.18. The molecule has 142 valence electrons. The third-order valence-electron chi connectivity index (χ3n) is 5.48. The fraction of sp³-hybridized carbons (Fsp3) is 0.579. The molecule has 0 saturated carbocycles. The van der Waals surface area contributed by atoms with E-state index >= 15 is 0 Å². The van der Waals surface area contributed by atoms with Crippen LogP contribution in [0.5, 0.6) is 0 Å². The lowest BCUT2D eigenvalue weighted by Gasteiger charge is -2.44. The molecule has 26 heavy (non-hydrogen) atoms. The summed E-state index contributed by atoms with van der Waals surface area (Å²) in [5.41, 5.74) is 0.100. The summed E-state index contributed by atoms with van der Waals surface area (Å²) in [6.07, 6.45) is 1.86. The Balaban J connectivity index is 1.60. The predicted molar refractivity (Wildman–Crippen MR) is 96.3 cm³/mol. The van der Waals surface area contributed by atoms with Gasteiger partial charge in [-0.05, 0) is 37.5 Å². The number of carbonyl (C=O) groups excluding carboxylic acids is 2. The lowest BCUT2D eigenvalue weighted by atomic mass is 9.80. The number of urea groups is 1. The highest BCUT2D eigenvalue weighted by Gasteiger charge is 2.49. The molecule has 0 unspecified atom stereocenters. The molecule has 3 rings (SSSR count). The number of nitrogens with one attached hydrogen (secondary N) is 1. The molecule has 7 heteroatoms. The highest BCUT2D eigenvalue weighted by Crippen LogP contribution is 2.42. The van der Waals surface area contributed by atoms with E-state index in [-0.39, 0.29) is 35.4 Å². The van der Waals surface area contributed by atoms with E-state index in [0.29, 0.717) is 25.2 Å². The van der Waals surface area contributed by atoms with Crippen LogP contribution in [-0.4, -0.2) is 60.6 Å². The number of halogens is 1. The summed E-state index contributed by atoms with van der Waals surface area (Å²) in [5.74, 6) is -0.264. The summed E-state index contributed by atoms with van der Waals surface area (Å²) in [4.78, 5) is 27.9. The van der Waals surface area contributed by atoms with Crippen LogP contribution in [0.1, 0.15) is 26.2 Å². The van der Waals surface area contributed by atoms with E-state index in [9.17, 15) is 14.0 Å². The van der Waals surface area contributed by atoms with Crippen LogP contribution in [0, 0.1) is 11.7 Å². The maximum atomic E-state index is 13.3. The molecule has 0 aromatic heterocycles. The van der Waals surface area contributed by atoms with Gasteiger partial charge in [-0.15, -0.1) is 0 Å². The van der Waals surface area contributed by atoms with Crippen LogP contribution in [0.2, 0.25) is 0 Å². The Morgan fingerprint density at radius 1 is 1.35 bits per heavy atom. The van der Waals surface area contributed by atoms with Gasteiger partial charge in [-0.3, -0.25) is 4.79 Å². The van der Waals surface area contributed by atoms with Crippen LogP contribution in [0.15, 0.2) is 24.3 Å². The number of ether oxygens (including phenoxy) is 1. The molecule has 2 aliphatic rings. The van der Waals surface area contributed by atoms with Gasteiger partial charge in [-0.2, -0.15) is 0 Å². The number of carbonyl (C=O) groups is 2. The number of likely N-dealkylation sites (tertiary alicyclic amines) is 1. The number of hydrogen-bond acceptors (Lipinski definition) is 3. The van der Waals surface area contributed by atoms with Gasteiger partial charge in [0, 0.05) is 38.8 Å². The lowest BCUT2D eigenvalue weighted by molar-refractivity contribution is -0.153. The number of likely N-dealkylation sites (N-methyl/N-ethyl adjacent to an activating group) is 1. The third-order valence-corrected chi connectivity index (χ3v) is 5.48. The quantitative estimate of drug-likeness (QED) is 0.879. The first-order valence-electron chi connectivity index (χ1n) is 9.01. The molecule has 2 saturated heterocycles. The van der Waals surface area contributed by atoms with Gasteiger partial charge in [0.1, 0.15) is 11.9 Å². The number of anilines is 1. The van der Waals surface area contributed by atoms with Crippen LogP contribution in [-0.2, 0) is 9.53 Å². The average molecular weight is 363 g/mol. The molecular weight excluding hydrogens is 337 g/mol. The van der Waals surface area contributed by atoms with Gasteiger partial charge in [-0.1, -0.05) is 13.0 Å². The zero-order chi connectivity index (χ0) is 18.9. The molecule has 6 nitrogen and oxygen atoms in total. The van der Waals surface area contributed by atoms with E-state index < -0.39 is 0 Å². The standard InChI is InChI=1S/C19H26FN3O3/c1-13-12-23(18(25)21-15-6-4-5-14(20)11-15)10-9-19(13)8-7-16(26-19)17(24)22(2)3/h4-6,11,13,16H,7-10,12H2,1-3H3,(H,21,25)/t13-,16-,19-/m1/s1. The Bertz CT molecular complexity index is 696. The van der Waals surface area contributed by atoms with Gasteiger partial charge in [0.25, 0.3) is 5.91 Å². The molecule has 1 N–H and O–H groups in total. The van der Waals surface area contributed by atoms with E-state index in [2.05, 4.69) is 12.2 Å². The molecule has 1 aromatic carbocycles. The van der Waals surface area contributed by atoms with E-state index in [4.69, 9.17) is 4.74 Å². The van der Waals surface area contributed by atoms with Crippen molar-refractivity contribution in [3.8, 4) is 0 Å². The van der Waals surface area contributed by atoms with Gasteiger partial charge in [0.2, 0.25) is 0 Å². The molecule has 0 bridgehead atoms. The molecule has 1 aromatic rings. The zero-order valence-electron chi connectivity index (χ0n) is 15.5. The van der Waals surface area contributed by atoms with E-state index in [1.165, 1.54) is 12.1 Å². The summed E-state index contributed by atoms with van der Waals surface area (Å²) >= 11 is 0. The number of nitrogens with zero attached hydrogens (tertiary/aromatic N) is 2. The smallest absolute Gasteiger partial charge is 0.321 e. The van der Waals surface area contributed by atoms with E-state index in [0.717, 1.165) is 12.8 Å². The molecular formula is C19H26FN3O3. The maximum Gasteiger partial charge on any atom is 0.321 e. The second kappa shape index (κ2) is 7.23. The first-order chi connectivity index (χ1) is 12.3. The predicted octanol–water partition coefficient (Wildman–Crippen LogP) is 2.71. The number of benzene rings is 1. The molecule has 2 aliphatic heterocycles. The molecule has 0 aliphatic carbocycles. The van der Waals surface area contributed by atoms with Crippen molar-refractivity contribution in [1.82, 2.24) is 9.80 Å². The molecule has 2 heterocycles. The fourth-order valence-electron chi connectivity index (χ4n) is 3.90. The van der Waals surface area contributed by atoms with Crippen molar-refractivity contribution >= 4 is 17.6 Å². The molecule has 0 radical (unpaired) electrons. The summed E-state index contributed by atoms with van der Waals surface area (Å²) < 4.78 is 19.5. The van der Waals surface area contributed by atoms with Crippen molar-refractivity contribution < 1.29 is 18.7 Å². The van der Waals surface area contributed by atoms with Crippen molar-refractivity contribution in [1.29, 1.82) is 0 Å². The average Bonchev–Trinajstić information content (AvgIpc) is 3.02. The van der Waals surface area contributed by atoms with Gasteiger partial charge in [0.05, 0.1) is 5.60 Å². The van der Waals surface area contributed by atoms with E-state index in [1.807, 2.05) is 0 Å². The Labute approximate surface area is 153 Å². The lowest BCUT2D eigenvalue weighted by Crippen LogP contribution is -2.53. The largest absolute Gasteiger partial charge is 0.362 e. The van der Waals surface area contributed by atoms with Crippen molar-refractivity contribution in [3.63, 3.8) is 0 Å². The topological polar surface area (TPSA) is 61.9 Å². The van der Waals surface area contributed by atoms with Crippen LogP contribution in [0.3, 0.4) is 0 Å². The normalized spacial score (nSPS) is 28.2. The Hall–Kier alpha value is -2.15. The SMILES string of the molecule is C[C@@H]1CN(C(=O)Nc2cccc(F)c2)CC[C@]12CC[C@H](C(=O)N(C)C)O2. The maximum absolute atomic E-state index is 13.3. The first-order valence-corrected chi connectivity index (χ1v) is 9.01. The minimum atomic E-state index is -0.389. The minimum Gasteiger partial charge on any atom is -0.362 e. The number of amides is 3. The van der Waals surface area contributed by atoms with Gasteiger partial charge >= 0.3 is 6.03 Å². The molecule has 1 spiro atoms. The fourth-order valence-corrected chi connectivity index (χ4v) is 3.90. The Morgan fingerprint density at radius 2 is 2.12 bits per heavy atom. The van der Waals surface area contributed by atoms with Crippen LogP contribution in [0.25, 0.3) is 0 Å². The molecule has 3 atom stereocenters. The van der Waals surface area contributed by atoms with Crippen molar-refractivity contribution in [2.75, 3.05) is 32.5 Å². The monoisotopic (exact) mass is 363 g/mol. The van der Waals surface area contributed by atoms with Crippen molar-refractivity contribution in [2.45, 2.75) is 37.9 Å². The van der Waals surface area contributed by atoms with Gasteiger partial charge in [0.15, 0.2) is 0 Å². The molecule has 3 amide bonds. The first kappa shape index (κ1) is 18.6. The Morgan fingerprint density at radius 3 is 2.77 bits per heavy atom. The van der Waals surface area contributed by atoms with Crippen LogP contribution >= 0.6 is 0 Å². The third kappa shape index (κ3) is 3.67. The second-order valence-electron chi connectivity index (χ2n) is 7.48. The van der Waals surface area contributed by atoms with Gasteiger partial charge < -0.3 is 19.9 Å². The zero-order valence-corrected chi connectivity index (χ0v) is 15.5. The van der Waals surface area contributed by atoms with Crippen LogP contribution < -0.4 is 5.32 Å². The van der Waals surface area contributed by atoms with Crippen LogP contribution in [0.4, 0.5) is 14.9 Å². The minimum absolute atomic E-state index is 0.000326. The van der Waals surface area contributed by atoms with Crippen molar-refractivity contribution in [2.24, 2.45) is 5.92 Å². The summed E-state index contributed by atoms with van der Waals surface area (Å²) in [7, 11) is 3.47. The number of rotatable bonds is 2. The number of piperidine rings is 1. The van der Waals surface area contributed by atoms with Crippen molar-refractivity contribution in [3.05, 3.63) is 30.1 Å².